The second kappa shape index (κ2) is 8.97. The molecule has 1 N–H and O–H groups in total. The van der Waals surface area contributed by atoms with Gasteiger partial charge in [0.15, 0.2) is 0 Å². The molecule has 0 amide bonds. The molecule has 116 valence electrons. The van der Waals surface area contributed by atoms with Gasteiger partial charge in [0.1, 0.15) is 0 Å². The lowest BCUT2D eigenvalue weighted by molar-refractivity contribution is 0.131. The molecule has 0 unspecified atom stereocenters. The Morgan fingerprint density at radius 2 is 1.37 bits per heavy atom. The minimum Gasteiger partial charge on any atom is -0.312 e. The van der Waals surface area contributed by atoms with E-state index in [0.717, 1.165) is 6.54 Å². The highest BCUT2D eigenvalue weighted by molar-refractivity contribution is 4.76. The Morgan fingerprint density at radius 3 is 1.84 bits per heavy atom. The molecule has 0 aromatic carbocycles. The van der Waals surface area contributed by atoms with Crippen LogP contribution in [0.4, 0.5) is 0 Å². The molecule has 2 heteroatoms. The van der Waals surface area contributed by atoms with Crippen molar-refractivity contribution in [1.82, 2.24) is 10.2 Å². The molecule has 0 aliphatic heterocycles. The predicted octanol–water partition coefficient (Wildman–Crippen LogP) is 4.45. The lowest BCUT2D eigenvalue weighted by atomic mass is 10.0. The van der Waals surface area contributed by atoms with E-state index in [1.54, 1.807) is 0 Å². The number of nitrogens with one attached hydrogen (secondary N) is 1. The van der Waals surface area contributed by atoms with Gasteiger partial charge in [-0.3, -0.25) is 4.90 Å². The maximum Gasteiger partial charge on any atom is 0.0125 e. The summed E-state index contributed by atoms with van der Waals surface area (Å²) in [7, 11) is 0. The van der Waals surface area contributed by atoms with Crippen LogP contribution in [0.2, 0.25) is 0 Å². The van der Waals surface area contributed by atoms with Crippen molar-refractivity contribution in [2.45, 2.75) is 91.6 Å². The summed E-state index contributed by atoms with van der Waals surface area (Å²) in [6.45, 7) is 19.6. The third-order valence-electron chi connectivity index (χ3n) is 3.49. The van der Waals surface area contributed by atoms with Gasteiger partial charge in [0.05, 0.1) is 0 Å². The van der Waals surface area contributed by atoms with Crippen molar-refractivity contribution in [3.05, 3.63) is 0 Å². The van der Waals surface area contributed by atoms with Gasteiger partial charge in [0, 0.05) is 11.1 Å². The minimum atomic E-state index is 0.262. The summed E-state index contributed by atoms with van der Waals surface area (Å²) >= 11 is 0. The molecule has 0 aromatic heterocycles. The van der Waals surface area contributed by atoms with Gasteiger partial charge in [0.25, 0.3) is 0 Å². The molecule has 0 saturated carbocycles. The Balaban J connectivity index is 3.76. The van der Waals surface area contributed by atoms with Crippen LogP contribution in [-0.2, 0) is 0 Å². The fourth-order valence-electron chi connectivity index (χ4n) is 2.20. The first-order chi connectivity index (χ1) is 8.67. The fraction of sp³-hybridized carbons (Fsp3) is 1.00. The Kier molecular flexibility index (Phi) is 8.93. The third kappa shape index (κ3) is 11.4. The highest BCUT2D eigenvalue weighted by Crippen LogP contribution is 2.15. The monoisotopic (exact) mass is 270 g/mol. The van der Waals surface area contributed by atoms with Crippen molar-refractivity contribution in [2.24, 2.45) is 0 Å². The van der Waals surface area contributed by atoms with E-state index in [1.807, 2.05) is 0 Å². The Morgan fingerprint density at radius 1 is 0.789 bits per heavy atom. The summed E-state index contributed by atoms with van der Waals surface area (Å²) < 4.78 is 0. The van der Waals surface area contributed by atoms with E-state index < -0.39 is 0 Å². The van der Waals surface area contributed by atoms with Gasteiger partial charge >= 0.3 is 0 Å². The van der Waals surface area contributed by atoms with Crippen molar-refractivity contribution in [3.63, 3.8) is 0 Å². The van der Waals surface area contributed by atoms with Crippen molar-refractivity contribution >= 4 is 0 Å². The van der Waals surface area contributed by atoms with Crippen LogP contribution in [0.3, 0.4) is 0 Å². The van der Waals surface area contributed by atoms with Crippen molar-refractivity contribution in [3.8, 4) is 0 Å². The third-order valence-corrected chi connectivity index (χ3v) is 3.49. The second-order valence-electron chi connectivity index (χ2n) is 7.75. The normalized spacial score (nSPS) is 13.3. The summed E-state index contributed by atoms with van der Waals surface area (Å²) in [5, 5.41) is 3.56. The van der Waals surface area contributed by atoms with Crippen molar-refractivity contribution in [1.29, 1.82) is 0 Å². The maximum atomic E-state index is 3.56. The quantitative estimate of drug-likeness (QED) is 0.623. The van der Waals surface area contributed by atoms with E-state index in [2.05, 4.69) is 58.7 Å². The molecular weight excluding hydrogens is 232 g/mol. The lowest BCUT2D eigenvalue weighted by Gasteiger charge is -2.35. The smallest absolute Gasteiger partial charge is 0.0125 e. The summed E-state index contributed by atoms with van der Waals surface area (Å²) in [6.07, 6.45) is 6.57. The molecule has 19 heavy (non-hydrogen) atoms. The van der Waals surface area contributed by atoms with Gasteiger partial charge in [-0.05, 0) is 80.4 Å². The highest BCUT2D eigenvalue weighted by Gasteiger charge is 2.19. The van der Waals surface area contributed by atoms with Crippen LogP contribution < -0.4 is 5.32 Å². The molecule has 0 fully saturated rings. The minimum absolute atomic E-state index is 0.262. The predicted molar refractivity (Wildman–Crippen MR) is 87.8 cm³/mol. The van der Waals surface area contributed by atoms with E-state index in [4.69, 9.17) is 0 Å². The second-order valence-corrected chi connectivity index (χ2v) is 7.75. The van der Waals surface area contributed by atoms with Gasteiger partial charge in [-0.25, -0.2) is 0 Å². The Bertz CT molecular complexity index is 210. The summed E-state index contributed by atoms with van der Waals surface area (Å²) in [6, 6.07) is 0. The van der Waals surface area contributed by atoms with Crippen molar-refractivity contribution in [2.75, 3.05) is 19.6 Å². The topological polar surface area (TPSA) is 15.3 Å². The SMILES string of the molecule is CCCCN(CCCCCNC(C)(C)C)C(C)(C)C. The van der Waals surface area contributed by atoms with Gasteiger partial charge in [0.2, 0.25) is 0 Å². The molecule has 0 bridgehead atoms. The van der Waals surface area contributed by atoms with Crippen LogP contribution >= 0.6 is 0 Å². The average Bonchev–Trinajstić information content (AvgIpc) is 2.23. The lowest BCUT2D eigenvalue weighted by Crippen LogP contribution is -2.42. The first-order valence-corrected chi connectivity index (χ1v) is 8.17. The number of rotatable bonds is 9. The molecule has 0 atom stereocenters. The first kappa shape index (κ1) is 18.9. The van der Waals surface area contributed by atoms with Gasteiger partial charge in [-0.2, -0.15) is 0 Å². The molecule has 0 spiro atoms. The molecule has 2 nitrogen and oxygen atoms in total. The van der Waals surface area contributed by atoms with Gasteiger partial charge < -0.3 is 5.32 Å². The molecule has 0 aliphatic rings. The first-order valence-electron chi connectivity index (χ1n) is 8.17. The summed E-state index contributed by atoms with van der Waals surface area (Å²) in [4.78, 5) is 2.65. The van der Waals surface area contributed by atoms with Crippen molar-refractivity contribution < 1.29 is 0 Å². The molecule has 0 rings (SSSR count). The zero-order valence-corrected chi connectivity index (χ0v) is 14.6. The van der Waals surface area contributed by atoms with E-state index in [9.17, 15) is 0 Å². The molecule has 0 aromatic rings. The van der Waals surface area contributed by atoms with E-state index >= 15 is 0 Å². The maximum absolute atomic E-state index is 3.56. The highest BCUT2D eigenvalue weighted by atomic mass is 15.2. The Labute approximate surface area is 122 Å². The zero-order chi connectivity index (χ0) is 14.9. The van der Waals surface area contributed by atoms with E-state index in [-0.39, 0.29) is 5.54 Å². The Hall–Kier alpha value is -0.0800. The van der Waals surface area contributed by atoms with Crippen LogP contribution in [0.1, 0.15) is 80.6 Å². The average molecular weight is 271 g/mol. The molecule has 0 heterocycles. The molecule has 0 radical (unpaired) electrons. The van der Waals surface area contributed by atoms with Gasteiger partial charge in [-0.1, -0.05) is 19.8 Å². The van der Waals surface area contributed by atoms with Crippen LogP contribution in [0, 0.1) is 0 Å². The molecule has 0 saturated heterocycles. The van der Waals surface area contributed by atoms with E-state index in [1.165, 1.54) is 45.2 Å². The fourth-order valence-corrected chi connectivity index (χ4v) is 2.20. The molecular formula is C17H38N2. The van der Waals surface area contributed by atoms with Crippen LogP contribution in [-0.4, -0.2) is 35.6 Å². The molecule has 0 aliphatic carbocycles. The number of nitrogens with zero attached hydrogens (tertiary/aromatic N) is 1. The number of unbranched alkanes of at least 4 members (excludes halogenated alkanes) is 3. The zero-order valence-electron chi connectivity index (χ0n) is 14.6. The van der Waals surface area contributed by atoms with E-state index in [0.29, 0.717) is 5.54 Å². The number of hydrogen-bond acceptors (Lipinski definition) is 2. The number of hydrogen-bond donors (Lipinski definition) is 1. The van der Waals surface area contributed by atoms with Crippen LogP contribution in [0.15, 0.2) is 0 Å². The van der Waals surface area contributed by atoms with Crippen LogP contribution in [0.25, 0.3) is 0 Å². The summed E-state index contributed by atoms with van der Waals surface area (Å²) in [5.74, 6) is 0. The largest absolute Gasteiger partial charge is 0.312 e. The summed E-state index contributed by atoms with van der Waals surface area (Å²) in [5.41, 5.74) is 0.581. The standard InChI is InChI=1S/C17H38N2/c1-8-9-14-19(17(5,6)7)15-12-10-11-13-18-16(2,3)4/h18H,8-15H2,1-7H3. The van der Waals surface area contributed by atoms with Crippen LogP contribution in [0.5, 0.6) is 0 Å². The van der Waals surface area contributed by atoms with Gasteiger partial charge in [-0.15, -0.1) is 0 Å².